The molecule has 1 aliphatic carbocycles. The molecular formula is C23H34O3. The van der Waals surface area contributed by atoms with Crippen molar-refractivity contribution in [1.82, 2.24) is 0 Å². The monoisotopic (exact) mass is 358 g/mol. The lowest BCUT2D eigenvalue weighted by Crippen LogP contribution is -2.36. The first kappa shape index (κ1) is 20.7. The number of carbonyl (C=O) groups excluding carboxylic acids is 1. The molecule has 1 fully saturated rings. The minimum Gasteiger partial charge on any atom is -0.458 e. The molecule has 144 valence electrons. The zero-order valence-electron chi connectivity index (χ0n) is 17.0. The van der Waals surface area contributed by atoms with Gasteiger partial charge in [0.05, 0.1) is 18.8 Å². The van der Waals surface area contributed by atoms with Crippen molar-refractivity contribution in [2.24, 2.45) is 17.8 Å². The van der Waals surface area contributed by atoms with Crippen LogP contribution in [0.15, 0.2) is 35.9 Å². The molecule has 3 heteroatoms. The molecule has 0 amide bonds. The molecule has 1 saturated carbocycles. The average molecular weight is 359 g/mol. The van der Waals surface area contributed by atoms with E-state index in [1.807, 2.05) is 44.2 Å². The second kappa shape index (κ2) is 9.91. The van der Waals surface area contributed by atoms with Gasteiger partial charge in [-0.15, -0.1) is 0 Å². The Kier molecular flexibility index (Phi) is 7.89. The molecule has 0 unspecified atom stereocenters. The number of rotatable bonds is 7. The minimum atomic E-state index is -0.212. The van der Waals surface area contributed by atoms with Crippen LogP contribution in [0.25, 0.3) is 0 Å². The number of esters is 1. The molecule has 0 heterocycles. The summed E-state index contributed by atoms with van der Waals surface area (Å²) in [7, 11) is 0. The van der Waals surface area contributed by atoms with E-state index in [0.717, 1.165) is 18.4 Å². The average Bonchev–Trinajstić information content (AvgIpc) is 2.58. The molecule has 2 rings (SSSR count). The molecule has 0 spiro atoms. The van der Waals surface area contributed by atoms with Crippen LogP contribution in [0.2, 0.25) is 0 Å². The largest absolute Gasteiger partial charge is 0.458 e. The zero-order chi connectivity index (χ0) is 19.1. The van der Waals surface area contributed by atoms with Gasteiger partial charge in [0.15, 0.2) is 0 Å². The molecule has 0 radical (unpaired) electrons. The lowest BCUT2D eigenvalue weighted by atomic mass is 9.75. The summed E-state index contributed by atoms with van der Waals surface area (Å²) in [5.74, 6) is 1.39. The van der Waals surface area contributed by atoms with Gasteiger partial charge < -0.3 is 9.47 Å². The van der Waals surface area contributed by atoms with Crippen molar-refractivity contribution in [2.75, 3.05) is 6.61 Å². The highest BCUT2D eigenvalue weighted by Crippen LogP contribution is 2.35. The predicted octanol–water partition coefficient (Wildman–Crippen LogP) is 5.79. The fourth-order valence-corrected chi connectivity index (χ4v) is 3.69. The lowest BCUT2D eigenvalue weighted by molar-refractivity contribution is -0.0176. The number of ether oxygens (including phenoxy) is 2. The van der Waals surface area contributed by atoms with Crippen molar-refractivity contribution in [1.29, 1.82) is 0 Å². The predicted molar refractivity (Wildman–Crippen MR) is 106 cm³/mol. The van der Waals surface area contributed by atoms with E-state index in [1.165, 1.54) is 12.0 Å². The quantitative estimate of drug-likeness (QED) is 0.352. The van der Waals surface area contributed by atoms with Crippen molar-refractivity contribution < 1.29 is 14.3 Å². The lowest BCUT2D eigenvalue weighted by Gasteiger charge is -2.36. The Labute approximate surface area is 158 Å². The Bertz CT molecular complexity index is 614. The van der Waals surface area contributed by atoms with Crippen LogP contribution in [-0.4, -0.2) is 18.7 Å². The first-order valence-corrected chi connectivity index (χ1v) is 9.88. The van der Waals surface area contributed by atoms with Crippen LogP contribution >= 0.6 is 0 Å². The maximum atomic E-state index is 12.9. The maximum Gasteiger partial charge on any atom is 0.338 e. The Morgan fingerprint density at radius 2 is 1.96 bits per heavy atom. The standard InChI is InChI=1S/C23H34O3/c1-16(2)12-13-25-15-19-8-6-7-9-21(19)23(24)26-22-14-18(5)10-11-20(22)17(3)4/h6-9,12,17-18,20,22H,10-11,13-15H2,1-5H3/t18-,20+,22-/m1/s1. The molecule has 1 aliphatic rings. The van der Waals surface area contributed by atoms with Gasteiger partial charge in [0, 0.05) is 0 Å². The van der Waals surface area contributed by atoms with Crippen LogP contribution in [-0.2, 0) is 16.1 Å². The van der Waals surface area contributed by atoms with Crippen molar-refractivity contribution in [3.63, 3.8) is 0 Å². The van der Waals surface area contributed by atoms with Crippen LogP contribution in [0.4, 0.5) is 0 Å². The van der Waals surface area contributed by atoms with Gasteiger partial charge in [-0.25, -0.2) is 4.79 Å². The highest BCUT2D eigenvalue weighted by atomic mass is 16.5. The number of carbonyl (C=O) groups is 1. The molecule has 0 saturated heterocycles. The van der Waals surface area contributed by atoms with E-state index in [4.69, 9.17) is 9.47 Å². The highest BCUT2D eigenvalue weighted by molar-refractivity contribution is 5.91. The summed E-state index contributed by atoms with van der Waals surface area (Å²) in [5.41, 5.74) is 2.75. The van der Waals surface area contributed by atoms with Gasteiger partial charge in [0.1, 0.15) is 6.10 Å². The normalized spacial score (nSPS) is 22.9. The molecule has 3 atom stereocenters. The van der Waals surface area contributed by atoms with Crippen LogP contribution in [0.3, 0.4) is 0 Å². The Morgan fingerprint density at radius 1 is 1.23 bits per heavy atom. The van der Waals surface area contributed by atoms with E-state index < -0.39 is 0 Å². The van der Waals surface area contributed by atoms with Gasteiger partial charge in [-0.05, 0) is 56.1 Å². The van der Waals surface area contributed by atoms with Crippen LogP contribution in [0.1, 0.15) is 69.8 Å². The topological polar surface area (TPSA) is 35.5 Å². The second-order valence-electron chi connectivity index (χ2n) is 8.22. The zero-order valence-corrected chi connectivity index (χ0v) is 17.0. The summed E-state index contributed by atoms with van der Waals surface area (Å²) in [6.45, 7) is 11.8. The molecule has 0 aliphatic heterocycles. The summed E-state index contributed by atoms with van der Waals surface area (Å²) in [6, 6.07) is 7.62. The summed E-state index contributed by atoms with van der Waals surface area (Å²) in [4.78, 5) is 12.9. The van der Waals surface area contributed by atoms with Crippen LogP contribution < -0.4 is 0 Å². The molecule has 1 aromatic rings. The van der Waals surface area contributed by atoms with Crippen LogP contribution in [0, 0.1) is 17.8 Å². The van der Waals surface area contributed by atoms with Gasteiger partial charge in [-0.1, -0.05) is 57.0 Å². The van der Waals surface area contributed by atoms with Gasteiger partial charge in [-0.3, -0.25) is 0 Å². The molecule has 1 aromatic carbocycles. The highest BCUT2D eigenvalue weighted by Gasteiger charge is 2.33. The molecular weight excluding hydrogens is 324 g/mol. The summed E-state index contributed by atoms with van der Waals surface area (Å²) in [6.07, 6.45) is 5.40. The fraction of sp³-hybridized carbons (Fsp3) is 0.609. The first-order chi connectivity index (χ1) is 12.4. The summed E-state index contributed by atoms with van der Waals surface area (Å²) >= 11 is 0. The number of benzene rings is 1. The van der Waals surface area contributed by atoms with E-state index in [2.05, 4.69) is 20.8 Å². The van der Waals surface area contributed by atoms with E-state index in [0.29, 0.717) is 36.5 Å². The Hall–Kier alpha value is -1.61. The third-order valence-electron chi connectivity index (χ3n) is 5.32. The van der Waals surface area contributed by atoms with Crippen molar-refractivity contribution >= 4 is 5.97 Å². The second-order valence-corrected chi connectivity index (χ2v) is 8.22. The Morgan fingerprint density at radius 3 is 2.65 bits per heavy atom. The van der Waals surface area contributed by atoms with E-state index >= 15 is 0 Å². The van der Waals surface area contributed by atoms with Gasteiger partial charge in [0.2, 0.25) is 0 Å². The summed E-state index contributed by atoms with van der Waals surface area (Å²) in [5, 5.41) is 0. The molecule has 0 bridgehead atoms. The summed E-state index contributed by atoms with van der Waals surface area (Å²) < 4.78 is 11.7. The van der Waals surface area contributed by atoms with E-state index in [9.17, 15) is 4.79 Å². The van der Waals surface area contributed by atoms with E-state index in [1.54, 1.807) is 0 Å². The van der Waals surface area contributed by atoms with E-state index in [-0.39, 0.29) is 12.1 Å². The molecule has 3 nitrogen and oxygen atoms in total. The number of allylic oxidation sites excluding steroid dienone is 1. The molecule has 0 N–H and O–H groups in total. The third-order valence-corrected chi connectivity index (χ3v) is 5.32. The number of hydrogen-bond acceptors (Lipinski definition) is 3. The molecule has 0 aromatic heterocycles. The smallest absolute Gasteiger partial charge is 0.338 e. The van der Waals surface area contributed by atoms with Crippen molar-refractivity contribution in [3.05, 3.63) is 47.0 Å². The third kappa shape index (κ3) is 5.98. The molecule has 26 heavy (non-hydrogen) atoms. The first-order valence-electron chi connectivity index (χ1n) is 9.88. The van der Waals surface area contributed by atoms with Crippen molar-refractivity contribution in [3.8, 4) is 0 Å². The van der Waals surface area contributed by atoms with Gasteiger partial charge >= 0.3 is 5.97 Å². The van der Waals surface area contributed by atoms with Gasteiger partial charge in [0.25, 0.3) is 0 Å². The maximum absolute atomic E-state index is 12.9. The minimum absolute atomic E-state index is 0.0194. The van der Waals surface area contributed by atoms with Crippen molar-refractivity contribution in [2.45, 2.75) is 66.6 Å². The Balaban J connectivity index is 2.05. The van der Waals surface area contributed by atoms with Crippen LogP contribution in [0.5, 0.6) is 0 Å². The SMILES string of the molecule is CC(C)=CCOCc1ccccc1C(=O)O[C@@H]1C[C@H](C)CC[C@H]1C(C)C. The number of hydrogen-bond donors (Lipinski definition) is 0. The van der Waals surface area contributed by atoms with Gasteiger partial charge in [-0.2, -0.15) is 0 Å². The fourth-order valence-electron chi connectivity index (χ4n) is 3.69.